The van der Waals surface area contributed by atoms with Crippen LogP contribution in [0.3, 0.4) is 0 Å². The van der Waals surface area contributed by atoms with Gasteiger partial charge < -0.3 is 9.84 Å². The maximum atomic E-state index is 11.3. The summed E-state index contributed by atoms with van der Waals surface area (Å²) in [7, 11) is 0. The van der Waals surface area contributed by atoms with Gasteiger partial charge in [0, 0.05) is 12.1 Å². The van der Waals surface area contributed by atoms with Crippen molar-refractivity contribution in [2.24, 2.45) is 11.8 Å². The van der Waals surface area contributed by atoms with Gasteiger partial charge in [0.1, 0.15) is 0 Å². The summed E-state index contributed by atoms with van der Waals surface area (Å²) in [5.74, 6) is -0.221. The minimum atomic E-state index is -0.707. The molecule has 1 saturated carbocycles. The number of carboxylic acid groups (broad SMARTS) is 1. The molecular formula is C14H25NO3. The number of likely N-dealkylation sites (N-methyl/N-ethyl adjacent to an activating group) is 1. The smallest absolute Gasteiger partial charge is 0.310 e. The summed E-state index contributed by atoms with van der Waals surface area (Å²) >= 11 is 0. The summed E-state index contributed by atoms with van der Waals surface area (Å²) < 4.78 is 5.40. The zero-order chi connectivity index (χ0) is 13.1. The maximum absolute atomic E-state index is 11.3. The Morgan fingerprint density at radius 1 is 1.33 bits per heavy atom. The molecule has 104 valence electrons. The first-order chi connectivity index (χ1) is 8.67. The van der Waals surface area contributed by atoms with Crippen molar-refractivity contribution in [3.05, 3.63) is 0 Å². The Morgan fingerprint density at radius 2 is 2.11 bits per heavy atom. The van der Waals surface area contributed by atoms with Gasteiger partial charge in [0.05, 0.1) is 19.1 Å². The van der Waals surface area contributed by atoms with E-state index in [4.69, 9.17) is 4.74 Å². The maximum Gasteiger partial charge on any atom is 0.310 e. The number of nitrogens with zero attached hydrogens (tertiary/aromatic N) is 1. The molecule has 4 heteroatoms. The van der Waals surface area contributed by atoms with Crippen LogP contribution in [0, 0.1) is 11.8 Å². The lowest BCUT2D eigenvalue weighted by molar-refractivity contribution is -0.143. The monoisotopic (exact) mass is 255 g/mol. The van der Waals surface area contributed by atoms with Gasteiger partial charge in [-0.2, -0.15) is 0 Å². The fourth-order valence-corrected chi connectivity index (χ4v) is 3.59. The predicted octanol–water partition coefficient (Wildman–Crippen LogP) is 1.99. The molecule has 1 aliphatic heterocycles. The van der Waals surface area contributed by atoms with Crippen LogP contribution in [-0.4, -0.2) is 47.8 Å². The molecular weight excluding hydrogens is 230 g/mol. The van der Waals surface area contributed by atoms with Crippen LogP contribution in [0.25, 0.3) is 0 Å². The molecule has 0 aromatic heterocycles. The Bertz CT molecular complexity index is 295. The first-order valence-electron chi connectivity index (χ1n) is 7.23. The highest BCUT2D eigenvalue weighted by molar-refractivity contribution is 5.71. The number of rotatable bonds is 5. The van der Waals surface area contributed by atoms with Crippen molar-refractivity contribution < 1.29 is 14.6 Å². The molecule has 1 N–H and O–H groups in total. The van der Waals surface area contributed by atoms with Crippen LogP contribution in [0.1, 0.15) is 39.5 Å². The van der Waals surface area contributed by atoms with E-state index in [1.807, 2.05) is 0 Å². The van der Waals surface area contributed by atoms with Crippen molar-refractivity contribution in [1.82, 2.24) is 4.90 Å². The van der Waals surface area contributed by atoms with E-state index in [1.54, 1.807) is 0 Å². The second-order valence-corrected chi connectivity index (χ2v) is 5.62. The number of hydrogen-bond acceptors (Lipinski definition) is 3. The average Bonchev–Trinajstić information content (AvgIpc) is 2.98. The van der Waals surface area contributed by atoms with Crippen molar-refractivity contribution in [3.63, 3.8) is 0 Å². The van der Waals surface area contributed by atoms with Crippen molar-refractivity contribution in [2.45, 2.75) is 51.6 Å². The topological polar surface area (TPSA) is 49.8 Å². The molecule has 2 rings (SSSR count). The normalized spacial score (nSPS) is 36.4. The van der Waals surface area contributed by atoms with Crippen LogP contribution in [0.2, 0.25) is 0 Å². The summed E-state index contributed by atoms with van der Waals surface area (Å²) in [5, 5.41) is 9.26. The molecule has 0 aromatic rings. The number of hydrogen-bond donors (Lipinski definition) is 1. The first kappa shape index (κ1) is 13.8. The summed E-state index contributed by atoms with van der Waals surface area (Å²) in [5.41, 5.74) is 0. The third-order valence-electron chi connectivity index (χ3n) is 4.72. The Labute approximate surface area is 109 Å². The molecule has 4 atom stereocenters. The third kappa shape index (κ3) is 2.69. The van der Waals surface area contributed by atoms with Crippen LogP contribution in [0.4, 0.5) is 0 Å². The number of carbonyl (C=O) groups is 1. The van der Waals surface area contributed by atoms with Crippen LogP contribution >= 0.6 is 0 Å². The SMILES string of the molecule is CCC1CCC(N(CC)C2COCC2C(=O)O)C1. The molecule has 0 spiro atoms. The van der Waals surface area contributed by atoms with Gasteiger partial charge in [-0.15, -0.1) is 0 Å². The van der Waals surface area contributed by atoms with Crippen LogP contribution in [0.5, 0.6) is 0 Å². The van der Waals surface area contributed by atoms with Crippen LogP contribution in [-0.2, 0) is 9.53 Å². The summed E-state index contributed by atoms with van der Waals surface area (Å²) in [6.45, 7) is 6.27. The molecule has 0 radical (unpaired) electrons. The Morgan fingerprint density at radius 3 is 2.67 bits per heavy atom. The van der Waals surface area contributed by atoms with Crippen LogP contribution in [0.15, 0.2) is 0 Å². The lowest BCUT2D eigenvalue weighted by Gasteiger charge is -2.34. The lowest BCUT2D eigenvalue weighted by Crippen LogP contribution is -2.47. The fraction of sp³-hybridized carbons (Fsp3) is 0.929. The second-order valence-electron chi connectivity index (χ2n) is 5.62. The minimum absolute atomic E-state index is 0.0770. The van der Waals surface area contributed by atoms with Gasteiger partial charge in [0.25, 0.3) is 0 Å². The van der Waals surface area contributed by atoms with E-state index in [2.05, 4.69) is 18.7 Å². The minimum Gasteiger partial charge on any atom is -0.481 e. The third-order valence-corrected chi connectivity index (χ3v) is 4.72. The molecule has 4 nitrogen and oxygen atoms in total. The van der Waals surface area contributed by atoms with Gasteiger partial charge in [0.15, 0.2) is 0 Å². The molecule has 0 bridgehead atoms. The molecule has 0 aromatic carbocycles. The second kappa shape index (κ2) is 6.02. The Hall–Kier alpha value is -0.610. The van der Waals surface area contributed by atoms with Gasteiger partial charge in [-0.3, -0.25) is 9.69 Å². The zero-order valence-electron chi connectivity index (χ0n) is 11.5. The number of ether oxygens (including phenoxy) is 1. The molecule has 4 unspecified atom stereocenters. The van der Waals surface area contributed by atoms with E-state index in [0.717, 1.165) is 12.5 Å². The summed E-state index contributed by atoms with van der Waals surface area (Å²) in [4.78, 5) is 13.7. The molecule has 2 aliphatic rings. The highest BCUT2D eigenvalue weighted by atomic mass is 16.5. The van der Waals surface area contributed by atoms with Gasteiger partial charge in [-0.1, -0.05) is 20.3 Å². The van der Waals surface area contributed by atoms with Crippen LogP contribution < -0.4 is 0 Å². The fourth-order valence-electron chi connectivity index (χ4n) is 3.59. The van der Waals surface area contributed by atoms with Crippen molar-refractivity contribution in [2.75, 3.05) is 19.8 Å². The lowest BCUT2D eigenvalue weighted by atomic mass is 9.99. The Balaban J connectivity index is 2.02. The quantitative estimate of drug-likeness (QED) is 0.816. The van der Waals surface area contributed by atoms with E-state index >= 15 is 0 Å². The zero-order valence-corrected chi connectivity index (χ0v) is 11.5. The summed E-state index contributed by atoms with van der Waals surface area (Å²) in [6, 6.07) is 0.640. The van der Waals surface area contributed by atoms with Crippen molar-refractivity contribution in [1.29, 1.82) is 0 Å². The summed E-state index contributed by atoms with van der Waals surface area (Å²) in [6.07, 6.45) is 4.99. The van der Waals surface area contributed by atoms with Gasteiger partial charge in [-0.05, 0) is 31.7 Å². The highest BCUT2D eigenvalue weighted by Gasteiger charge is 2.41. The predicted molar refractivity (Wildman–Crippen MR) is 69.5 cm³/mol. The van der Waals surface area contributed by atoms with E-state index in [-0.39, 0.29) is 12.0 Å². The molecule has 1 heterocycles. The van der Waals surface area contributed by atoms with Crippen molar-refractivity contribution >= 4 is 5.97 Å². The molecule has 0 amide bonds. The number of carboxylic acids is 1. The molecule has 2 fully saturated rings. The molecule has 1 saturated heterocycles. The van der Waals surface area contributed by atoms with Gasteiger partial charge in [-0.25, -0.2) is 0 Å². The average molecular weight is 255 g/mol. The van der Waals surface area contributed by atoms with Gasteiger partial charge in [0.2, 0.25) is 0 Å². The van der Waals surface area contributed by atoms with Gasteiger partial charge >= 0.3 is 5.97 Å². The Kier molecular flexibility index (Phi) is 4.62. The van der Waals surface area contributed by atoms with Crippen molar-refractivity contribution in [3.8, 4) is 0 Å². The van der Waals surface area contributed by atoms with E-state index < -0.39 is 5.97 Å². The van der Waals surface area contributed by atoms with E-state index in [0.29, 0.717) is 19.3 Å². The standard InChI is InChI=1S/C14H25NO3/c1-3-10-5-6-11(7-10)15(4-2)13-9-18-8-12(13)14(16)17/h10-13H,3-9H2,1-2H3,(H,16,17). The molecule has 18 heavy (non-hydrogen) atoms. The highest BCUT2D eigenvalue weighted by Crippen LogP contribution is 2.34. The van der Waals surface area contributed by atoms with E-state index in [1.165, 1.54) is 25.7 Å². The first-order valence-corrected chi connectivity index (χ1v) is 7.23. The largest absolute Gasteiger partial charge is 0.481 e. The number of aliphatic carboxylic acids is 1. The molecule has 1 aliphatic carbocycles. The van der Waals surface area contributed by atoms with E-state index in [9.17, 15) is 9.90 Å².